The fourth-order valence-corrected chi connectivity index (χ4v) is 5.43. The summed E-state index contributed by atoms with van der Waals surface area (Å²) in [6, 6.07) is 17.4. The molecule has 0 saturated carbocycles. The lowest BCUT2D eigenvalue weighted by Gasteiger charge is -2.43. The Morgan fingerprint density at radius 2 is 1.88 bits per heavy atom. The van der Waals surface area contributed by atoms with Crippen LogP contribution in [0, 0.1) is 18.3 Å². The molecule has 2 aliphatic heterocycles. The maximum atomic E-state index is 14.2. The first-order valence-corrected chi connectivity index (χ1v) is 11.0. The molecule has 1 amide bonds. The van der Waals surface area contributed by atoms with Crippen LogP contribution in [0.1, 0.15) is 30.4 Å². The Balaban J connectivity index is 1.88. The van der Waals surface area contributed by atoms with Gasteiger partial charge in [0.15, 0.2) is 5.78 Å². The number of rotatable bonds is 3. The summed E-state index contributed by atoms with van der Waals surface area (Å²) in [5, 5.41) is 10.4. The first kappa shape index (κ1) is 20.8. The van der Waals surface area contributed by atoms with E-state index in [9.17, 15) is 14.9 Å². The van der Waals surface area contributed by atoms with Crippen molar-refractivity contribution in [1.29, 1.82) is 5.26 Å². The van der Waals surface area contributed by atoms with Crippen molar-refractivity contribution in [2.75, 3.05) is 16.3 Å². The SMILES string of the molecule is C=CCN1C(=O)C2(C(C#N)=C(N)N(c3ccc(C)cc3)C3=C2C(=O)CCC3)c2ccccc21. The second-order valence-corrected chi connectivity index (χ2v) is 8.61. The van der Waals surface area contributed by atoms with Gasteiger partial charge in [0.05, 0.1) is 5.57 Å². The number of carbonyl (C=O) groups is 2. The molecule has 3 aliphatic rings. The number of nitrogens with zero attached hydrogens (tertiary/aromatic N) is 3. The molecule has 1 spiro atoms. The van der Waals surface area contributed by atoms with Gasteiger partial charge in [0, 0.05) is 41.2 Å². The van der Waals surface area contributed by atoms with E-state index in [0.29, 0.717) is 41.8 Å². The number of para-hydroxylation sites is 1. The molecule has 1 aliphatic carbocycles. The van der Waals surface area contributed by atoms with Crippen LogP contribution >= 0.6 is 0 Å². The fourth-order valence-electron chi connectivity index (χ4n) is 5.43. The molecule has 2 aromatic rings. The normalized spacial score (nSPS) is 21.9. The molecule has 33 heavy (non-hydrogen) atoms. The molecule has 0 aromatic heterocycles. The molecule has 2 heterocycles. The van der Waals surface area contributed by atoms with Gasteiger partial charge in [0.1, 0.15) is 17.3 Å². The monoisotopic (exact) mass is 436 g/mol. The average molecular weight is 437 g/mol. The summed E-state index contributed by atoms with van der Waals surface area (Å²) >= 11 is 0. The zero-order valence-corrected chi connectivity index (χ0v) is 18.5. The maximum Gasteiger partial charge on any atom is 0.248 e. The summed E-state index contributed by atoms with van der Waals surface area (Å²) in [7, 11) is 0. The Morgan fingerprint density at radius 3 is 2.58 bits per heavy atom. The summed E-state index contributed by atoms with van der Waals surface area (Å²) in [5.41, 5.74) is 9.50. The van der Waals surface area contributed by atoms with E-state index in [2.05, 4.69) is 12.6 Å². The average Bonchev–Trinajstić information content (AvgIpc) is 3.05. The number of hydrogen-bond donors (Lipinski definition) is 1. The largest absolute Gasteiger partial charge is 0.384 e. The molecule has 1 atom stereocenters. The number of aryl methyl sites for hydroxylation is 1. The van der Waals surface area contributed by atoms with Gasteiger partial charge < -0.3 is 10.6 Å². The number of amides is 1. The van der Waals surface area contributed by atoms with E-state index in [1.54, 1.807) is 15.9 Å². The molecule has 0 fully saturated rings. The summed E-state index contributed by atoms with van der Waals surface area (Å²) < 4.78 is 0. The van der Waals surface area contributed by atoms with Crippen molar-refractivity contribution in [2.45, 2.75) is 31.6 Å². The molecule has 1 unspecified atom stereocenters. The zero-order chi connectivity index (χ0) is 23.3. The van der Waals surface area contributed by atoms with Gasteiger partial charge in [-0.3, -0.25) is 14.5 Å². The van der Waals surface area contributed by atoms with Crippen molar-refractivity contribution in [3.05, 3.63) is 95.0 Å². The van der Waals surface area contributed by atoms with Crippen molar-refractivity contribution in [2.24, 2.45) is 5.73 Å². The molecule has 2 N–H and O–H groups in total. The first-order valence-electron chi connectivity index (χ1n) is 11.0. The van der Waals surface area contributed by atoms with Crippen LogP contribution < -0.4 is 15.5 Å². The number of nitriles is 1. The Bertz CT molecular complexity index is 1310. The molecule has 0 radical (unpaired) electrons. The highest BCUT2D eigenvalue weighted by Crippen LogP contribution is 2.56. The van der Waals surface area contributed by atoms with Crippen LogP contribution in [0.25, 0.3) is 0 Å². The summed E-state index contributed by atoms with van der Waals surface area (Å²) in [4.78, 5) is 31.1. The number of hydrogen-bond acceptors (Lipinski definition) is 5. The minimum atomic E-state index is -1.54. The number of fused-ring (bicyclic) bond motifs is 3. The standard InChI is InChI=1S/C27H24N4O2/c1-3-15-30-21-8-5-4-7-19(21)27(26(30)33)20(16-28)25(29)31(18-13-11-17(2)12-14-18)22-9-6-10-23(32)24(22)27/h3-5,7-8,11-14H,1,6,9-10,15,29H2,2H3. The number of allylic oxidation sites excluding steroid dienone is 1. The molecular formula is C27H24N4O2. The quantitative estimate of drug-likeness (QED) is 0.735. The molecule has 0 bridgehead atoms. The van der Waals surface area contributed by atoms with Crippen LogP contribution in [0.15, 0.2) is 83.9 Å². The Hall–Kier alpha value is -4.11. The van der Waals surface area contributed by atoms with E-state index >= 15 is 0 Å². The lowest BCUT2D eigenvalue weighted by Crippen LogP contribution is -2.52. The zero-order valence-electron chi connectivity index (χ0n) is 18.5. The highest BCUT2D eigenvalue weighted by atomic mass is 16.2. The number of benzene rings is 2. The van der Waals surface area contributed by atoms with Crippen molar-refractivity contribution >= 4 is 23.1 Å². The maximum absolute atomic E-state index is 14.2. The number of nitrogens with two attached hydrogens (primary N) is 1. The van der Waals surface area contributed by atoms with Crippen LogP contribution in [0.5, 0.6) is 0 Å². The smallest absolute Gasteiger partial charge is 0.248 e. The predicted octanol–water partition coefficient (Wildman–Crippen LogP) is 3.99. The molecule has 5 rings (SSSR count). The molecule has 6 nitrogen and oxygen atoms in total. The molecule has 164 valence electrons. The van der Waals surface area contributed by atoms with Crippen molar-refractivity contribution < 1.29 is 9.59 Å². The highest BCUT2D eigenvalue weighted by Gasteiger charge is 2.62. The van der Waals surface area contributed by atoms with Crippen molar-refractivity contribution in [1.82, 2.24) is 0 Å². The topological polar surface area (TPSA) is 90.4 Å². The first-order chi connectivity index (χ1) is 16.0. The summed E-state index contributed by atoms with van der Waals surface area (Å²) in [6.07, 6.45) is 3.23. The van der Waals surface area contributed by atoms with Crippen LogP contribution in [0.2, 0.25) is 0 Å². The third-order valence-electron chi connectivity index (χ3n) is 6.78. The van der Waals surface area contributed by atoms with E-state index in [0.717, 1.165) is 11.3 Å². The summed E-state index contributed by atoms with van der Waals surface area (Å²) in [5.74, 6) is -0.245. The second kappa shape index (κ2) is 7.49. The molecule has 6 heteroatoms. The van der Waals surface area contributed by atoms with Crippen molar-refractivity contribution in [3.63, 3.8) is 0 Å². The van der Waals surface area contributed by atoms with Gasteiger partial charge in [-0.1, -0.05) is 42.0 Å². The minimum Gasteiger partial charge on any atom is -0.384 e. The molecule has 0 saturated heterocycles. The lowest BCUT2D eigenvalue weighted by molar-refractivity contribution is -0.124. The van der Waals surface area contributed by atoms with Gasteiger partial charge in [-0.05, 0) is 38.0 Å². The number of anilines is 2. The second-order valence-electron chi connectivity index (χ2n) is 8.61. The van der Waals surface area contributed by atoms with Crippen LogP contribution in [-0.4, -0.2) is 18.2 Å². The summed E-state index contributed by atoms with van der Waals surface area (Å²) in [6.45, 7) is 6.06. The van der Waals surface area contributed by atoms with E-state index in [1.165, 1.54) is 0 Å². The van der Waals surface area contributed by atoms with Crippen LogP contribution in [0.4, 0.5) is 11.4 Å². The number of Topliss-reactive ketones (excluding diaryl/α,β-unsaturated/α-hetero) is 1. The van der Waals surface area contributed by atoms with Gasteiger partial charge in [0.25, 0.3) is 0 Å². The van der Waals surface area contributed by atoms with E-state index in [1.807, 2.05) is 55.5 Å². The van der Waals surface area contributed by atoms with Gasteiger partial charge in [-0.2, -0.15) is 5.26 Å². The van der Waals surface area contributed by atoms with Gasteiger partial charge >= 0.3 is 0 Å². The Kier molecular flexibility index (Phi) is 4.71. The van der Waals surface area contributed by atoms with Crippen molar-refractivity contribution in [3.8, 4) is 6.07 Å². The Morgan fingerprint density at radius 1 is 1.15 bits per heavy atom. The van der Waals surface area contributed by atoms with Crippen LogP contribution in [-0.2, 0) is 15.0 Å². The third-order valence-corrected chi connectivity index (χ3v) is 6.78. The lowest BCUT2D eigenvalue weighted by atomic mass is 9.64. The molecule has 2 aromatic carbocycles. The van der Waals surface area contributed by atoms with Gasteiger partial charge in [-0.25, -0.2) is 0 Å². The number of ketones is 1. The van der Waals surface area contributed by atoms with Crippen LogP contribution in [0.3, 0.4) is 0 Å². The van der Waals surface area contributed by atoms with E-state index in [4.69, 9.17) is 5.73 Å². The number of carbonyl (C=O) groups excluding carboxylic acids is 2. The highest BCUT2D eigenvalue weighted by molar-refractivity contribution is 6.20. The molecular weight excluding hydrogens is 412 g/mol. The van der Waals surface area contributed by atoms with E-state index < -0.39 is 5.41 Å². The van der Waals surface area contributed by atoms with Gasteiger partial charge in [-0.15, -0.1) is 6.58 Å². The van der Waals surface area contributed by atoms with E-state index in [-0.39, 0.29) is 29.6 Å². The Labute approximate surface area is 192 Å². The predicted molar refractivity (Wildman–Crippen MR) is 127 cm³/mol. The van der Waals surface area contributed by atoms with Gasteiger partial charge in [0.2, 0.25) is 5.91 Å². The fraction of sp³-hybridized carbons (Fsp3) is 0.222. The minimum absolute atomic E-state index is 0.0982. The third kappa shape index (κ3) is 2.66.